The van der Waals surface area contributed by atoms with E-state index in [1.807, 2.05) is 25.1 Å². The number of rotatable bonds is 9. The number of fused-ring (bicyclic) bond motifs is 1. The van der Waals surface area contributed by atoms with E-state index >= 15 is 0 Å². The third-order valence-electron chi connectivity index (χ3n) is 6.21. The average Bonchev–Trinajstić information content (AvgIpc) is 2.97. The number of amides is 1. The van der Waals surface area contributed by atoms with E-state index < -0.39 is 10.0 Å². The standard InChI is InChI=1S/C30H27N5O5S/c1-19-9-4-5-12-25(19)30(36)32-20-10-8-11-24(17-20)41(37,38)35-29-28(33-26-13-6-7-14-27(26)34-29)31-21-15-22(39-2)18-23(16-21)40-3/h4-18H,1-3H3,(H,31,33)(H,32,36)(H,34,35). The van der Waals surface area contributed by atoms with Gasteiger partial charge in [-0.2, -0.15) is 0 Å². The van der Waals surface area contributed by atoms with Crippen LogP contribution in [0, 0.1) is 6.92 Å². The van der Waals surface area contributed by atoms with Crippen LogP contribution in [0.3, 0.4) is 0 Å². The van der Waals surface area contributed by atoms with Gasteiger partial charge in [0, 0.05) is 35.1 Å². The highest BCUT2D eigenvalue weighted by Gasteiger charge is 2.20. The molecular formula is C30H27N5O5S. The smallest absolute Gasteiger partial charge is 0.263 e. The van der Waals surface area contributed by atoms with Gasteiger partial charge < -0.3 is 20.1 Å². The summed E-state index contributed by atoms with van der Waals surface area (Å²) in [5.41, 5.74) is 3.24. The Hall–Kier alpha value is -5.16. The first-order chi connectivity index (χ1) is 19.8. The molecule has 5 rings (SSSR count). The normalized spacial score (nSPS) is 11.1. The number of anilines is 4. The zero-order chi connectivity index (χ0) is 29.0. The lowest BCUT2D eigenvalue weighted by Gasteiger charge is -2.15. The van der Waals surface area contributed by atoms with Crippen LogP contribution in [0.25, 0.3) is 11.0 Å². The largest absolute Gasteiger partial charge is 0.497 e. The van der Waals surface area contributed by atoms with Crippen molar-refractivity contribution in [2.45, 2.75) is 11.8 Å². The van der Waals surface area contributed by atoms with Crippen molar-refractivity contribution in [3.05, 3.63) is 102 Å². The molecule has 0 atom stereocenters. The fraction of sp³-hybridized carbons (Fsp3) is 0.100. The highest BCUT2D eigenvalue weighted by atomic mass is 32.2. The van der Waals surface area contributed by atoms with Gasteiger partial charge in [0.1, 0.15) is 11.5 Å². The van der Waals surface area contributed by atoms with Crippen molar-refractivity contribution in [3.8, 4) is 11.5 Å². The Morgan fingerprint density at radius 2 is 1.37 bits per heavy atom. The van der Waals surface area contributed by atoms with Crippen LogP contribution in [-0.4, -0.2) is 38.5 Å². The van der Waals surface area contributed by atoms with Crippen molar-refractivity contribution in [2.75, 3.05) is 29.6 Å². The molecule has 0 aliphatic heterocycles. The fourth-order valence-electron chi connectivity index (χ4n) is 4.13. The van der Waals surface area contributed by atoms with Gasteiger partial charge in [0.25, 0.3) is 15.9 Å². The van der Waals surface area contributed by atoms with Crippen LogP contribution in [0.1, 0.15) is 15.9 Å². The Labute approximate surface area is 237 Å². The molecule has 11 heteroatoms. The van der Waals surface area contributed by atoms with Crippen LogP contribution in [0.2, 0.25) is 0 Å². The molecular weight excluding hydrogens is 542 g/mol. The van der Waals surface area contributed by atoms with Gasteiger partial charge in [-0.15, -0.1) is 0 Å². The number of para-hydroxylation sites is 2. The van der Waals surface area contributed by atoms with Gasteiger partial charge in [0.05, 0.1) is 30.1 Å². The number of methoxy groups -OCH3 is 2. The molecule has 41 heavy (non-hydrogen) atoms. The highest BCUT2D eigenvalue weighted by Crippen LogP contribution is 2.31. The number of aryl methyl sites for hydroxylation is 1. The van der Waals surface area contributed by atoms with Crippen molar-refractivity contribution >= 4 is 50.0 Å². The average molecular weight is 570 g/mol. The molecule has 4 aromatic carbocycles. The molecule has 0 saturated heterocycles. The Kier molecular flexibility index (Phi) is 7.70. The fourth-order valence-corrected chi connectivity index (χ4v) is 5.18. The Balaban J connectivity index is 1.48. The van der Waals surface area contributed by atoms with Crippen molar-refractivity contribution in [1.29, 1.82) is 0 Å². The number of nitrogens with one attached hydrogen (secondary N) is 3. The number of hydrogen-bond acceptors (Lipinski definition) is 8. The van der Waals surface area contributed by atoms with E-state index in [1.165, 1.54) is 26.4 Å². The zero-order valence-corrected chi connectivity index (χ0v) is 23.3. The Morgan fingerprint density at radius 1 is 0.732 bits per heavy atom. The summed E-state index contributed by atoms with van der Waals surface area (Å²) in [5, 5.41) is 5.90. The van der Waals surface area contributed by atoms with Crippen LogP contribution in [0.15, 0.2) is 95.9 Å². The molecule has 1 amide bonds. The van der Waals surface area contributed by atoms with Crippen LogP contribution < -0.4 is 24.8 Å². The molecule has 0 unspecified atom stereocenters. The lowest BCUT2D eigenvalue weighted by atomic mass is 10.1. The number of nitrogens with zero attached hydrogens (tertiary/aromatic N) is 2. The summed E-state index contributed by atoms with van der Waals surface area (Å²) in [6.45, 7) is 1.83. The second-order valence-electron chi connectivity index (χ2n) is 9.04. The Bertz CT molecular complexity index is 1840. The minimum absolute atomic E-state index is 0.0140. The maximum Gasteiger partial charge on any atom is 0.263 e. The molecule has 1 aromatic heterocycles. The summed E-state index contributed by atoms with van der Waals surface area (Å²) in [5.74, 6) is 0.886. The second-order valence-corrected chi connectivity index (χ2v) is 10.7. The molecule has 0 aliphatic carbocycles. The number of carbonyl (C=O) groups excluding carboxylic acids is 1. The molecule has 3 N–H and O–H groups in total. The van der Waals surface area contributed by atoms with E-state index in [0.29, 0.717) is 39.5 Å². The van der Waals surface area contributed by atoms with Gasteiger partial charge in [-0.05, 0) is 48.9 Å². The topological polar surface area (TPSA) is 132 Å². The second kappa shape index (κ2) is 11.5. The number of sulfonamides is 1. The maximum atomic E-state index is 13.5. The number of benzene rings is 4. The number of carbonyl (C=O) groups is 1. The van der Waals surface area contributed by atoms with Crippen LogP contribution in [0.4, 0.5) is 23.0 Å². The molecule has 0 fully saturated rings. The molecule has 0 bridgehead atoms. The van der Waals surface area contributed by atoms with E-state index in [9.17, 15) is 13.2 Å². The van der Waals surface area contributed by atoms with E-state index in [-0.39, 0.29) is 22.4 Å². The van der Waals surface area contributed by atoms with E-state index in [2.05, 4.69) is 25.3 Å². The van der Waals surface area contributed by atoms with Gasteiger partial charge in [0.2, 0.25) is 0 Å². The molecule has 0 spiro atoms. The molecule has 10 nitrogen and oxygen atoms in total. The highest BCUT2D eigenvalue weighted by molar-refractivity contribution is 7.92. The summed E-state index contributed by atoms with van der Waals surface area (Å²) in [6.07, 6.45) is 0. The minimum Gasteiger partial charge on any atom is -0.497 e. The van der Waals surface area contributed by atoms with E-state index in [0.717, 1.165) is 5.56 Å². The zero-order valence-electron chi connectivity index (χ0n) is 22.5. The van der Waals surface area contributed by atoms with Gasteiger partial charge in [-0.25, -0.2) is 18.4 Å². The van der Waals surface area contributed by atoms with E-state index in [1.54, 1.807) is 60.7 Å². The minimum atomic E-state index is -4.15. The Morgan fingerprint density at radius 3 is 2.02 bits per heavy atom. The molecule has 0 saturated carbocycles. The maximum absolute atomic E-state index is 13.5. The monoisotopic (exact) mass is 569 g/mol. The summed E-state index contributed by atoms with van der Waals surface area (Å²) < 4.78 is 40.3. The van der Waals surface area contributed by atoms with Gasteiger partial charge in [-0.3, -0.25) is 9.52 Å². The lowest BCUT2D eigenvalue weighted by Crippen LogP contribution is -2.17. The van der Waals surface area contributed by atoms with Crippen molar-refractivity contribution < 1.29 is 22.7 Å². The van der Waals surface area contributed by atoms with Crippen molar-refractivity contribution in [2.24, 2.45) is 0 Å². The van der Waals surface area contributed by atoms with Crippen LogP contribution in [0.5, 0.6) is 11.5 Å². The van der Waals surface area contributed by atoms with Crippen molar-refractivity contribution in [3.63, 3.8) is 0 Å². The van der Waals surface area contributed by atoms with Gasteiger partial charge in [-0.1, -0.05) is 36.4 Å². The molecule has 208 valence electrons. The predicted molar refractivity (Wildman–Crippen MR) is 159 cm³/mol. The van der Waals surface area contributed by atoms with E-state index in [4.69, 9.17) is 9.47 Å². The molecule has 1 heterocycles. The molecule has 0 radical (unpaired) electrons. The summed E-state index contributed by atoms with van der Waals surface area (Å²) in [4.78, 5) is 21.9. The predicted octanol–water partition coefficient (Wildman–Crippen LogP) is 5.75. The summed E-state index contributed by atoms with van der Waals surface area (Å²) in [7, 11) is -1.08. The van der Waals surface area contributed by atoms with Crippen molar-refractivity contribution in [1.82, 2.24) is 9.97 Å². The summed E-state index contributed by atoms with van der Waals surface area (Å²) in [6, 6.07) is 25.4. The molecule has 0 aliphatic rings. The number of ether oxygens (including phenoxy) is 2. The van der Waals surface area contributed by atoms with Gasteiger partial charge in [0.15, 0.2) is 11.6 Å². The SMILES string of the molecule is COc1cc(Nc2nc3ccccc3nc2NS(=O)(=O)c2cccc(NC(=O)c3ccccc3C)c2)cc(OC)c1. The quantitative estimate of drug-likeness (QED) is 0.204. The third kappa shape index (κ3) is 6.20. The van der Waals surface area contributed by atoms with Crippen LogP contribution in [-0.2, 0) is 10.0 Å². The number of hydrogen-bond donors (Lipinski definition) is 3. The first kappa shape index (κ1) is 27.4. The lowest BCUT2D eigenvalue weighted by molar-refractivity contribution is 0.102. The first-order valence-corrected chi connectivity index (χ1v) is 14.0. The van der Waals surface area contributed by atoms with Crippen LogP contribution >= 0.6 is 0 Å². The van der Waals surface area contributed by atoms with Gasteiger partial charge >= 0.3 is 0 Å². The third-order valence-corrected chi connectivity index (χ3v) is 7.54. The number of aromatic nitrogens is 2. The summed E-state index contributed by atoms with van der Waals surface area (Å²) >= 11 is 0. The molecule has 5 aromatic rings. The first-order valence-electron chi connectivity index (χ1n) is 12.5.